The van der Waals surface area contributed by atoms with Crippen LogP contribution >= 0.6 is 0 Å². The van der Waals surface area contributed by atoms with Crippen molar-refractivity contribution in [3.63, 3.8) is 0 Å². The lowest BCUT2D eigenvalue weighted by atomic mass is 9.91. The van der Waals surface area contributed by atoms with Gasteiger partial charge < -0.3 is 15.4 Å². The van der Waals surface area contributed by atoms with E-state index in [1.54, 1.807) is 0 Å². The first-order chi connectivity index (χ1) is 10.8. The first-order valence-corrected chi connectivity index (χ1v) is 7.71. The fourth-order valence-corrected chi connectivity index (χ4v) is 2.85. The summed E-state index contributed by atoms with van der Waals surface area (Å²) in [6.07, 6.45) is -1.91. The quantitative estimate of drug-likeness (QED) is 0.872. The van der Waals surface area contributed by atoms with Crippen molar-refractivity contribution in [2.45, 2.75) is 38.6 Å². The molecule has 0 saturated carbocycles. The minimum absolute atomic E-state index is 0.107. The average Bonchev–Trinajstić information content (AvgIpc) is 2.47. The largest absolute Gasteiger partial charge is 0.573 e. The zero-order valence-electron chi connectivity index (χ0n) is 13.0. The predicted molar refractivity (Wildman–Crippen MR) is 80.3 cm³/mol. The second-order valence-electron chi connectivity index (χ2n) is 5.85. The molecule has 7 heteroatoms. The molecule has 1 fully saturated rings. The van der Waals surface area contributed by atoms with E-state index in [4.69, 9.17) is 0 Å². The van der Waals surface area contributed by atoms with Crippen LogP contribution in [-0.4, -0.2) is 31.4 Å². The highest BCUT2D eigenvalue weighted by atomic mass is 19.4. The minimum atomic E-state index is -4.82. The molecule has 1 amide bonds. The normalized spacial score (nSPS) is 17.6. The number of rotatable bonds is 5. The molecule has 2 rings (SSSR count). The number of alkyl halides is 3. The number of halogens is 3. The molecule has 1 aromatic rings. The summed E-state index contributed by atoms with van der Waals surface area (Å²) in [5.74, 6) is -0.508. The van der Waals surface area contributed by atoms with Gasteiger partial charge in [0.2, 0.25) is 0 Å². The number of hydrogen-bond acceptors (Lipinski definition) is 3. The van der Waals surface area contributed by atoms with Gasteiger partial charge in [-0.05, 0) is 57.3 Å². The Morgan fingerprint density at radius 3 is 2.65 bits per heavy atom. The van der Waals surface area contributed by atoms with Crippen LogP contribution in [0.4, 0.5) is 13.2 Å². The van der Waals surface area contributed by atoms with Crippen LogP contribution < -0.4 is 15.4 Å². The van der Waals surface area contributed by atoms with Crippen molar-refractivity contribution in [3.8, 4) is 5.75 Å². The van der Waals surface area contributed by atoms with E-state index >= 15 is 0 Å². The fraction of sp³-hybridized carbons (Fsp3) is 0.562. The third-order valence-electron chi connectivity index (χ3n) is 3.88. The lowest BCUT2D eigenvalue weighted by Gasteiger charge is -2.26. The Morgan fingerprint density at radius 2 is 2.00 bits per heavy atom. The van der Waals surface area contributed by atoms with Crippen molar-refractivity contribution in [2.24, 2.45) is 5.92 Å². The minimum Gasteiger partial charge on any atom is -0.405 e. The number of benzene rings is 1. The molecule has 4 nitrogen and oxygen atoms in total. The van der Waals surface area contributed by atoms with Crippen LogP contribution in [-0.2, 0) is 0 Å². The number of ether oxygens (including phenoxy) is 1. The molecule has 2 N–H and O–H groups in total. The van der Waals surface area contributed by atoms with E-state index in [1.807, 2.05) is 6.92 Å². The smallest absolute Gasteiger partial charge is 0.405 e. The molecule has 1 unspecified atom stereocenters. The van der Waals surface area contributed by atoms with E-state index in [0.717, 1.165) is 38.4 Å². The van der Waals surface area contributed by atoms with Gasteiger partial charge in [-0.3, -0.25) is 4.79 Å². The maximum atomic E-state index is 12.4. The summed E-state index contributed by atoms with van der Waals surface area (Å²) < 4.78 is 41.1. The van der Waals surface area contributed by atoms with Gasteiger partial charge in [0.05, 0.1) is 5.56 Å². The molecule has 0 aromatic heterocycles. The summed E-state index contributed by atoms with van der Waals surface area (Å²) >= 11 is 0. The van der Waals surface area contributed by atoms with Crippen molar-refractivity contribution in [1.82, 2.24) is 10.6 Å². The number of para-hydroxylation sites is 1. The van der Waals surface area contributed by atoms with Gasteiger partial charge in [-0.25, -0.2) is 0 Å². The molecule has 1 aliphatic heterocycles. The van der Waals surface area contributed by atoms with E-state index in [1.165, 1.54) is 18.2 Å². The molecule has 1 saturated heterocycles. The van der Waals surface area contributed by atoms with Gasteiger partial charge >= 0.3 is 6.36 Å². The summed E-state index contributed by atoms with van der Waals surface area (Å²) in [6, 6.07) is 5.27. The van der Waals surface area contributed by atoms with Crippen LogP contribution in [0.1, 0.15) is 36.5 Å². The molecule has 0 aliphatic carbocycles. The highest BCUT2D eigenvalue weighted by molar-refractivity contribution is 5.97. The highest BCUT2D eigenvalue weighted by Crippen LogP contribution is 2.26. The number of piperidine rings is 1. The maximum absolute atomic E-state index is 12.4. The molecule has 0 bridgehead atoms. The van der Waals surface area contributed by atoms with Crippen LogP contribution in [0.5, 0.6) is 5.75 Å². The van der Waals surface area contributed by atoms with Crippen LogP contribution in [0, 0.1) is 5.92 Å². The summed E-state index contributed by atoms with van der Waals surface area (Å²) in [4.78, 5) is 12.2. The van der Waals surface area contributed by atoms with E-state index in [2.05, 4.69) is 15.4 Å². The number of carbonyl (C=O) groups is 1. The van der Waals surface area contributed by atoms with Gasteiger partial charge in [-0.2, -0.15) is 0 Å². The summed E-state index contributed by atoms with van der Waals surface area (Å²) in [5.41, 5.74) is -0.109. The second kappa shape index (κ2) is 7.68. The molecular weight excluding hydrogens is 309 g/mol. The number of hydrogen-bond donors (Lipinski definition) is 2. The molecule has 1 atom stereocenters. The number of nitrogens with one attached hydrogen (secondary N) is 2. The Hall–Kier alpha value is -1.76. The SMILES string of the molecule is CC(CC1CCNCC1)NC(=O)c1ccccc1OC(F)(F)F. The summed E-state index contributed by atoms with van der Waals surface area (Å²) in [7, 11) is 0. The molecule has 1 aromatic carbocycles. The van der Waals surface area contributed by atoms with Crippen molar-refractivity contribution in [1.29, 1.82) is 0 Å². The molecule has 1 heterocycles. The van der Waals surface area contributed by atoms with E-state index < -0.39 is 18.0 Å². The van der Waals surface area contributed by atoms with E-state index in [0.29, 0.717) is 5.92 Å². The molecule has 1 aliphatic rings. The zero-order valence-corrected chi connectivity index (χ0v) is 13.0. The van der Waals surface area contributed by atoms with Crippen molar-refractivity contribution in [3.05, 3.63) is 29.8 Å². The van der Waals surface area contributed by atoms with Crippen molar-refractivity contribution < 1.29 is 22.7 Å². The Morgan fingerprint density at radius 1 is 1.35 bits per heavy atom. The Balaban J connectivity index is 1.97. The molecule has 23 heavy (non-hydrogen) atoms. The number of amides is 1. The maximum Gasteiger partial charge on any atom is 0.573 e. The lowest BCUT2D eigenvalue weighted by molar-refractivity contribution is -0.274. The predicted octanol–water partition coefficient (Wildman–Crippen LogP) is 3.09. The fourth-order valence-electron chi connectivity index (χ4n) is 2.85. The molecule has 0 spiro atoms. The van der Waals surface area contributed by atoms with Crippen LogP contribution in [0.25, 0.3) is 0 Å². The lowest BCUT2D eigenvalue weighted by Crippen LogP contribution is -2.37. The summed E-state index contributed by atoms with van der Waals surface area (Å²) in [5, 5.41) is 6.04. The molecule has 128 valence electrons. The van der Waals surface area contributed by atoms with Crippen molar-refractivity contribution >= 4 is 5.91 Å². The monoisotopic (exact) mass is 330 g/mol. The van der Waals surface area contributed by atoms with Gasteiger partial charge in [-0.15, -0.1) is 13.2 Å². The van der Waals surface area contributed by atoms with Crippen LogP contribution in [0.2, 0.25) is 0 Å². The third-order valence-corrected chi connectivity index (χ3v) is 3.88. The van der Waals surface area contributed by atoms with Crippen LogP contribution in [0.15, 0.2) is 24.3 Å². The molecule has 0 radical (unpaired) electrons. The van der Waals surface area contributed by atoms with E-state index in [9.17, 15) is 18.0 Å². The zero-order chi connectivity index (χ0) is 16.9. The van der Waals surface area contributed by atoms with Crippen molar-refractivity contribution in [2.75, 3.05) is 13.1 Å². The Kier molecular flexibility index (Phi) is 5.87. The topological polar surface area (TPSA) is 50.4 Å². The standard InChI is InChI=1S/C16H21F3N2O2/c1-11(10-12-6-8-20-9-7-12)21-15(22)13-4-2-3-5-14(13)23-16(17,18)19/h2-5,11-12,20H,6-10H2,1H3,(H,21,22). The highest BCUT2D eigenvalue weighted by Gasteiger charge is 2.33. The van der Waals surface area contributed by atoms with Gasteiger partial charge in [0.1, 0.15) is 5.75 Å². The van der Waals surface area contributed by atoms with Crippen LogP contribution in [0.3, 0.4) is 0 Å². The Labute approximate surface area is 133 Å². The van der Waals surface area contributed by atoms with Gasteiger partial charge in [0.15, 0.2) is 0 Å². The molecular formula is C16H21F3N2O2. The second-order valence-corrected chi connectivity index (χ2v) is 5.85. The first-order valence-electron chi connectivity index (χ1n) is 7.71. The van der Waals surface area contributed by atoms with E-state index in [-0.39, 0.29) is 11.6 Å². The van der Waals surface area contributed by atoms with Gasteiger partial charge in [-0.1, -0.05) is 12.1 Å². The average molecular weight is 330 g/mol. The first kappa shape index (κ1) is 17.6. The van der Waals surface area contributed by atoms with Gasteiger partial charge in [0.25, 0.3) is 5.91 Å². The number of carbonyl (C=O) groups excluding carboxylic acids is 1. The summed E-state index contributed by atoms with van der Waals surface area (Å²) in [6.45, 7) is 3.80. The Bertz CT molecular complexity index is 528. The third kappa shape index (κ3) is 5.74. The van der Waals surface area contributed by atoms with Gasteiger partial charge in [0, 0.05) is 6.04 Å².